The van der Waals surface area contributed by atoms with Gasteiger partial charge < -0.3 is 9.72 Å². The van der Waals surface area contributed by atoms with Gasteiger partial charge in [0.15, 0.2) is 0 Å². The van der Waals surface area contributed by atoms with Crippen molar-refractivity contribution in [3.8, 4) is 5.75 Å². The molecular formula is C13H15N3O2. The summed E-state index contributed by atoms with van der Waals surface area (Å²) in [5, 5.41) is 2.66. The van der Waals surface area contributed by atoms with Crippen LogP contribution in [-0.2, 0) is 4.79 Å². The summed E-state index contributed by atoms with van der Waals surface area (Å²) in [6.45, 7) is 0.523. The molecule has 0 aliphatic heterocycles. The SMILES string of the molecule is O=C(CCCOc1ccccc1)Nc1ncc[nH]1. The number of carbonyl (C=O) groups is 1. The van der Waals surface area contributed by atoms with Crippen LogP contribution in [0.25, 0.3) is 0 Å². The topological polar surface area (TPSA) is 67.0 Å². The summed E-state index contributed by atoms with van der Waals surface area (Å²) in [6.07, 6.45) is 4.33. The predicted octanol–water partition coefficient (Wildman–Crippen LogP) is 2.21. The summed E-state index contributed by atoms with van der Waals surface area (Å²) in [4.78, 5) is 18.2. The molecule has 2 aromatic rings. The molecule has 0 saturated heterocycles. The van der Waals surface area contributed by atoms with Crippen molar-refractivity contribution < 1.29 is 9.53 Å². The second-order valence-corrected chi connectivity index (χ2v) is 3.75. The number of aromatic amines is 1. The first kappa shape index (κ1) is 12.2. The summed E-state index contributed by atoms with van der Waals surface area (Å²) in [5.74, 6) is 1.23. The molecule has 94 valence electrons. The van der Waals surface area contributed by atoms with Gasteiger partial charge in [-0.3, -0.25) is 10.1 Å². The molecule has 0 radical (unpaired) electrons. The van der Waals surface area contributed by atoms with Crippen molar-refractivity contribution in [3.05, 3.63) is 42.7 Å². The standard InChI is InChI=1S/C13H15N3O2/c17-12(16-13-14-8-9-15-13)7-4-10-18-11-5-2-1-3-6-11/h1-3,5-6,8-9H,4,7,10H2,(H2,14,15,16,17). The van der Waals surface area contributed by atoms with Crippen LogP contribution in [0.4, 0.5) is 5.95 Å². The highest BCUT2D eigenvalue weighted by atomic mass is 16.5. The molecule has 2 rings (SSSR count). The zero-order chi connectivity index (χ0) is 12.6. The minimum Gasteiger partial charge on any atom is -0.494 e. The van der Waals surface area contributed by atoms with Crippen molar-refractivity contribution in [2.24, 2.45) is 0 Å². The van der Waals surface area contributed by atoms with Crippen molar-refractivity contribution in [1.29, 1.82) is 0 Å². The van der Waals surface area contributed by atoms with Gasteiger partial charge in [-0.1, -0.05) is 18.2 Å². The Kier molecular flexibility index (Phi) is 4.35. The molecule has 0 spiro atoms. The van der Waals surface area contributed by atoms with Crippen LogP contribution in [-0.4, -0.2) is 22.5 Å². The van der Waals surface area contributed by atoms with E-state index in [-0.39, 0.29) is 5.91 Å². The fraction of sp³-hybridized carbons (Fsp3) is 0.231. The van der Waals surface area contributed by atoms with Gasteiger partial charge in [0.25, 0.3) is 0 Å². The van der Waals surface area contributed by atoms with Crippen molar-refractivity contribution >= 4 is 11.9 Å². The number of hydrogen-bond acceptors (Lipinski definition) is 3. The summed E-state index contributed by atoms with van der Waals surface area (Å²) >= 11 is 0. The Labute approximate surface area is 105 Å². The Hall–Kier alpha value is -2.30. The number of nitrogens with one attached hydrogen (secondary N) is 2. The highest BCUT2D eigenvalue weighted by Gasteiger charge is 2.03. The number of H-pyrrole nitrogens is 1. The van der Waals surface area contributed by atoms with E-state index in [0.717, 1.165) is 5.75 Å². The number of ether oxygens (including phenoxy) is 1. The van der Waals surface area contributed by atoms with Gasteiger partial charge in [-0.15, -0.1) is 0 Å². The highest BCUT2D eigenvalue weighted by molar-refractivity contribution is 5.88. The van der Waals surface area contributed by atoms with E-state index >= 15 is 0 Å². The summed E-state index contributed by atoms with van der Waals surface area (Å²) < 4.78 is 5.49. The van der Waals surface area contributed by atoms with E-state index in [4.69, 9.17) is 4.74 Å². The van der Waals surface area contributed by atoms with Crippen molar-refractivity contribution in [3.63, 3.8) is 0 Å². The van der Waals surface area contributed by atoms with Crippen LogP contribution in [0.5, 0.6) is 5.75 Å². The Balaban J connectivity index is 1.62. The fourth-order valence-corrected chi connectivity index (χ4v) is 1.47. The second kappa shape index (κ2) is 6.44. The third-order valence-electron chi connectivity index (χ3n) is 2.32. The van der Waals surface area contributed by atoms with Gasteiger partial charge in [0.05, 0.1) is 6.61 Å². The molecule has 1 heterocycles. The molecule has 1 amide bonds. The van der Waals surface area contributed by atoms with Crippen LogP contribution in [0.3, 0.4) is 0 Å². The fourth-order valence-electron chi connectivity index (χ4n) is 1.47. The van der Waals surface area contributed by atoms with Gasteiger partial charge in [-0.05, 0) is 18.6 Å². The Morgan fingerprint density at radius 2 is 2.17 bits per heavy atom. The van der Waals surface area contributed by atoms with Gasteiger partial charge in [0.2, 0.25) is 11.9 Å². The molecule has 0 bridgehead atoms. The number of imidazole rings is 1. The molecule has 0 aliphatic carbocycles. The number of rotatable bonds is 6. The Bertz CT molecular complexity index is 468. The molecule has 0 aliphatic rings. The molecule has 5 nitrogen and oxygen atoms in total. The zero-order valence-electron chi connectivity index (χ0n) is 9.93. The van der Waals surface area contributed by atoms with Crippen molar-refractivity contribution in [2.75, 3.05) is 11.9 Å². The molecule has 5 heteroatoms. The maximum absolute atomic E-state index is 11.5. The molecule has 0 saturated carbocycles. The van der Waals surface area contributed by atoms with Crippen LogP contribution in [0.1, 0.15) is 12.8 Å². The maximum atomic E-state index is 11.5. The monoisotopic (exact) mass is 245 g/mol. The number of nitrogens with zero attached hydrogens (tertiary/aromatic N) is 1. The molecule has 1 aromatic heterocycles. The smallest absolute Gasteiger partial charge is 0.226 e. The predicted molar refractivity (Wildman–Crippen MR) is 68.4 cm³/mol. The third kappa shape index (κ3) is 3.93. The van der Waals surface area contributed by atoms with Gasteiger partial charge in [0.1, 0.15) is 5.75 Å². The molecule has 1 aromatic carbocycles. The van der Waals surface area contributed by atoms with Crippen LogP contribution in [0.15, 0.2) is 42.7 Å². The number of benzene rings is 1. The average molecular weight is 245 g/mol. The van der Waals surface area contributed by atoms with Crippen LogP contribution in [0.2, 0.25) is 0 Å². The Morgan fingerprint density at radius 3 is 2.89 bits per heavy atom. The van der Waals surface area contributed by atoms with E-state index in [0.29, 0.717) is 25.4 Å². The minimum absolute atomic E-state index is 0.0680. The summed E-state index contributed by atoms with van der Waals surface area (Å²) in [5.41, 5.74) is 0. The van der Waals surface area contributed by atoms with Crippen LogP contribution < -0.4 is 10.1 Å². The molecule has 0 fully saturated rings. The van der Waals surface area contributed by atoms with Crippen LogP contribution in [0, 0.1) is 0 Å². The van der Waals surface area contributed by atoms with E-state index in [1.54, 1.807) is 12.4 Å². The lowest BCUT2D eigenvalue weighted by Gasteiger charge is -2.05. The van der Waals surface area contributed by atoms with E-state index in [2.05, 4.69) is 15.3 Å². The molecule has 18 heavy (non-hydrogen) atoms. The number of amides is 1. The van der Waals surface area contributed by atoms with Crippen LogP contribution >= 0.6 is 0 Å². The third-order valence-corrected chi connectivity index (χ3v) is 2.32. The zero-order valence-corrected chi connectivity index (χ0v) is 9.93. The summed E-state index contributed by atoms with van der Waals surface area (Å²) in [6, 6.07) is 9.55. The number of carbonyl (C=O) groups excluding carboxylic acids is 1. The van der Waals surface area contributed by atoms with E-state index in [1.807, 2.05) is 30.3 Å². The first-order valence-electron chi connectivity index (χ1n) is 5.81. The second-order valence-electron chi connectivity index (χ2n) is 3.75. The van der Waals surface area contributed by atoms with E-state index in [1.165, 1.54) is 0 Å². The molecule has 0 unspecified atom stereocenters. The average Bonchev–Trinajstić information content (AvgIpc) is 2.89. The first-order chi connectivity index (χ1) is 8.84. The number of para-hydroxylation sites is 1. The molecule has 2 N–H and O–H groups in total. The van der Waals surface area contributed by atoms with E-state index < -0.39 is 0 Å². The lowest BCUT2D eigenvalue weighted by molar-refractivity contribution is -0.116. The van der Waals surface area contributed by atoms with Crippen molar-refractivity contribution in [1.82, 2.24) is 9.97 Å². The number of hydrogen-bond donors (Lipinski definition) is 2. The van der Waals surface area contributed by atoms with Gasteiger partial charge >= 0.3 is 0 Å². The van der Waals surface area contributed by atoms with Gasteiger partial charge in [-0.2, -0.15) is 0 Å². The number of anilines is 1. The lowest BCUT2D eigenvalue weighted by atomic mass is 10.3. The van der Waals surface area contributed by atoms with Gasteiger partial charge in [-0.25, -0.2) is 4.98 Å². The van der Waals surface area contributed by atoms with Crippen molar-refractivity contribution in [2.45, 2.75) is 12.8 Å². The minimum atomic E-state index is -0.0680. The van der Waals surface area contributed by atoms with E-state index in [9.17, 15) is 4.79 Å². The molecular weight excluding hydrogens is 230 g/mol. The van der Waals surface area contributed by atoms with Gasteiger partial charge in [0, 0.05) is 18.8 Å². The maximum Gasteiger partial charge on any atom is 0.226 e. The first-order valence-corrected chi connectivity index (χ1v) is 5.81. The lowest BCUT2D eigenvalue weighted by Crippen LogP contribution is -2.13. The Morgan fingerprint density at radius 1 is 1.33 bits per heavy atom. The number of aromatic nitrogens is 2. The quantitative estimate of drug-likeness (QED) is 0.767. The summed E-state index contributed by atoms with van der Waals surface area (Å²) in [7, 11) is 0. The normalized spacial score (nSPS) is 10.0. The largest absolute Gasteiger partial charge is 0.494 e. The molecule has 0 atom stereocenters. The highest BCUT2D eigenvalue weighted by Crippen LogP contribution is 2.09.